The van der Waals surface area contributed by atoms with Crippen LogP contribution in [0.4, 0.5) is 0 Å². The topological polar surface area (TPSA) is 52.1 Å². The van der Waals surface area contributed by atoms with Crippen LogP contribution in [0.2, 0.25) is 0 Å². The van der Waals surface area contributed by atoms with Crippen molar-refractivity contribution < 1.29 is 4.74 Å². The van der Waals surface area contributed by atoms with Crippen LogP contribution in [0.15, 0.2) is 4.99 Å². The van der Waals surface area contributed by atoms with Crippen LogP contribution in [0.1, 0.15) is 40.5 Å². The van der Waals surface area contributed by atoms with Crippen LogP contribution in [0.25, 0.3) is 0 Å². The van der Waals surface area contributed by atoms with Gasteiger partial charge in [0.25, 0.3) is 0 Å². The molecule has 0 aromatic rings. The molecular weight excluding hydrogens is 326 g/mol. The molecule has 2 saturated heterocycles. The molecule has 0 amide bonds. The summed E-state index contributed by atoms with van der Waals surface area (Å²) in [5, 5.41) is 7.14. The summed E-state index contributed by atoms with van der Waals surface area (Å²) < 4.78 is 5.19. The van der Waals surface area contributed by atoms with Crippen LogP contribution in [-0.2, 0) is 4.74 Å². The van der Waals surface area contributed by atoms with Crippen molar-refractivity contribution in [3.63, 3.8) is 0 Å². The van der Waals surface area contributed by atoms with E-state index in [1.165, 1.54) is 32.5 Å². The zero-order valence-electron chi connectivity index (χ0n) is 17.6. The number of guanidine groups is 1. The highest BCUT2D eigenvalue weighted by Crippen LogP contribution is 2.19. The predicted molar refractivity (Wildman–Crippen MR) is 110 cm³/mol. The van der Waals surface area contributed by atoms with E-state index in [1.54, 1.807) is 7.11 Å². The summed E-state index contributed by atoms with van der Waals surface area (Å²) in [6, 6.07) is 1.11. The Morgan fingerprint density at radius 2 is 1.96 bits per heavy atom. The molecule has 2 unspecified atom stereocenters. The first-order valence-electron chi connectivity index (χ1n) is 10.5. The number of hydrogen-bond donors (Lipinski definition) is 2. The average molecular weight is 368 g/mol. The summed E-state index contributed by atoms with van der Waals surface area (Å²) >= 11 is 0. The summed E-state index contributed by atoms with van der Waals surface area (Å²) in [6.07, 6.45) is 2.49. The van der Waals surface area contributed by atoms with Gasteiger partial charge in [-0.3, -0.25) is 9.89 Å². The summed E-state index contributed by atoms with van der Waals surface area (Å²) in [7, 11) is 1.78. The van der Waals surface area contributed by atoms with Crippen molar-refractivity contribution >= 4 is 5.96 Å². The van der Waals surface area contributed by atoms with Gasteiger partial charge in [0.15, 0.2) is 5.96 Å². The van der Waals surface area contributed by atoms with Crippen LogP contribution in [0, 0.1) is 11.8 Å². The molecule has 2 heterocycles. The maximum atomic E-state index is 5.19. The maximum absolute atomic E-state index is 5.19. The fourth-order valence-corrected chi connectivity index (χ4v) is 3.94. The third-order valence-corrected chi connectivity index (χ3v) is 5.86. The highest BCUT2D eigenvalue weighted by atomic mass is 16.5. The second kappa shape index (κ2) is 11.1. The van der Waals surface area contributed by atoms with Gasteiger partial charge in [0, 0.05) is 51.9 Å². The normalized spacial score (nSPS) is 26.6. The van der Waals surface area contributed by atoms with E-state index >= 15 is 0 Å². The van der Waals surface area contributed by atoms with Gasteiger partial charge in [0.2, 0.25) is 0 Å². The van der Waals surface area contributed by atoms with Crippen molar-refractivity contribution in [3.05, 3.63) is 0 Å². The molecule has 0 saturated carbocycles. The number of hydrogen-bond acceptors (Lipinski definition) is 4. The number of ether oxygens (including phenoxy) is 1. The Morgan fingerprint density at radius 1 is 1.23 bits per heavy atom. The summed E-state index contributed by atoms with van der Waals surface area (Å²) in [4.78, 5) is 9.99. The number of likely N-dealkylation sites (tertiary alicyclic amines) is 2. The van der Waals surface area contributed by atoms with Gasteiger partial charge in [-0.1, -0.05) is 6.92 Å². The van der Waals surface area contributed by atoms with Crippen molar-refractivity contribution in [3.8, 4) is 0 Å². The van der Waals surface area contributed by atoms with Gasteiger partial charge < -0.3 is 20.3 Å². The molecule has 6 heteroatoms. The molecule has 2 aliphatic rings. The first kappa shape index (κ1) is 21.5. The van der Waals surface area contributed by atoms with E-state index in [4.69, 9.17) is 9.73 Å². The molecule has 26 heavy (non-hydrogen) atoms. The fraction of sp³-hybridized carbons (Fsp3) is 0.950. The van der Waals surface area contributed by atoms with E-state index in [-0.39, 0.29) is 0 Å². The molecule has 2 atom stereocenters. The molecule has 2 rings (SSSR count). The quantitative estimate of drug-likeness (QED) is 0.504. The molecule has 0 aromatic carbocycles. The molecule has 6 nitrogen and oxygen atoms in total. The molecule has 0 spiro atoms. The van der Waals surface area contributed by atoms with E-state index in [0.29, 0.717) is 23.9 Å². The van der Waals surface area contributed by atoms with Gasteiger partial charge in [-0.25, -0.2) is 0 Å². The van der Waals surface area contributed by atoms with E-state index in [0.717, 1.165) is 38.7 Å². The lowest BCUT2D eigenvalue weighted by molar-refractivity contribution is 0.121. The smallest absolute Gasteiger partial charge is 0.191 e. The van der Waals surface area contributed by atoms with Crippen LogP contribution in [0.5, 0.6) is 0 Å². The van der Waals surface area contributed by atoms with Crippen LogP contribution < -0.4 is 10.6 Å². The Balaban J connectivity index is 1.80. The van der Waals surface area contributed by atoms with Crippen molar-refractivity contribution in [2.45, 2.75) is 52.6 Å². The van der Waals surface area contributed by atoms with Gasteiger partial charge in [-0.05, 0) is 58.5 Å². The Kier molecular flexibility index (Phi) is 9.16. The number of nitrogens with zero attached hydrogens (tertiary/aromatic N) is 3. The molecule has 2 N–H and O–H groups in total. The first-order chi connectivity index (χ1) is 12.5. The van der Waals surface area contributed by atoms with Gasteiger partial charge in [0.05, 0.1) is 6.61 Å². The molecule has 0 aromatic heterocycles. The van der Waals surface area contributed by atoms with Gasteiger partial charge in [-0.2, -0.15) is 0 Å². The zero-order valence-corrected chi connectivity index (χ0v) is 17.6. The van der Waals surface area contributed by atoms with Gasteiger partial charge in [0.1, 0.15) is 0 Å². The Morgan fingerprint density at radius 3 is 2.54 bits per heavy atom. The minimum atomic E-state index is 0.492. The lowest BCUT2D eigenvalue weighted by Gasteiger charge is -2.31. The monoisotopic (exact) mass is 367 g/mol. The number of aliphatic imine (C=N–C) groups is 1. The van der Waals surface area contributed by atoms with Crippen LogP contribution >= 0.6 is 0 Å². The maximum Gasteiger partial charge on any atom is 0.191 e. The second-order valence-corrected chi connectivity index (χ2v) is 8.27. The molecule has 0 aliphatic carbocycles. The Bertz CT molecular complexity index is 420. The first-order valence-corrected chi connectivity index (χ1v) is 10.5. The predicted octanol–water partition coefficient (Wildman–Crippen LogP) is 1.63. The van der Waals surface area contributed by atoms with E-state index in [1.807, 2.05) is 0 Å². The van der Waals surface area contributed by atoms with E-state index in [9.17, 15) is 0 Å². The molecule has 2 aliphatic heterocycles. The van der Waals surface area contributed by atoms with Crippen LogP contribution in [0.3, 0.4) is 0 Å². The highest BCUT2D eigenvalue weighted by molar-refractivity contribution is 5.80. The SMILES string of the molecule is CCNC(=NCC1CCN(CCOC)CC1)NC1CN(C(C)C)CC1C. The van der Waals surface area contributed by atoms with Gasteiger partial charge in [-0.15, -0.1) is 0 Å². The van der Waals surface area contributed by atoms with Crippen molar-refractivity contribution in [1.29, 1.82) is 0 Å². The molecule has 2 fully saturated rings. The second-order valence-electron chi connectivity index (χ2n) is 8.27. The molecule has 0 radical (unpaired) electrons. The minimum absolute atomic E-state index is 0.492. The number of methoxy groups -OCH3 is 1. The van der Waals surface area contributed by atoms with Crippen LogP contribution in [-0.4, -0.2) is 87.4 Å². The van der Waals surface area contributed by atoms with E-state index in [2.05, 4.69) is 48.1 Å². The minimum Gasteiger partial charge on any atom is -0.383 e. The lowest BCUT2D eigenvalue weighted by atomic mass is 9.97. The Labute approximate surface area is 160 Å². The molecule has 0 bridgehead atoms. The summed E-state index contributed by atoms with van der Waals surface area (Å²) in [5.41, 5.74) is 0. The molecule has 152 valence electrons. The third kappa shape index (κ3) is 6.71. The standard InChI is InChI=1S/C20H41N5O/c1-6-21-20(23-19-15-25(16(2)3)14-17(19)4)22-13-18-7-9-24(10-8-18)11-12-26-5/h16-19H,6-15H2,1-5H3,(H2,21,22,23). The summed E-state index contributed by atoms with van der Waals surface area (Å²) in [6.45, 7) is 17.4. The largest absolute Gasteiger partial charge is 0.383 e. The third-order valence-electron chi connectivity index (χ3n) is 5.86. The highest BCUT2D eigenvalue weighted by Gasteiger charge is 2.31. The Hall–Kier alpha value is -0.850. The zero-order chi connectivity index (χ0) is 18.9. The van der Waals surface area contributed by atoms with E-state index < -0.39 is 0 Å². The fourth-order valence-electron chi connectivity index (χ4n) is 3.94. The lowest BCUT2D eigenvalue weighted by Crippen LogP contribution is -2.47. The number of rotatable bonds is 8. The number of nitrogens with one attached hydrogen (secondary N) is 2. The number of piperidine rings is 1. The van der Waals surface area contributed by atoms with Gasteiger partial charge >= 0.3 is 0 Å². The van der Waals surface area contributed by atoms with Crippen molar-refractivity contribution in [2.75, 3.05) is 59.5 Å². The summed E-state index contributed by atoms with van der Waals surface area (Å²) in [5.74, 6) is 2.36. The average Bonchev–Trinajstić information content (AvgIpc) is 3.00. The van der Waals surface area contributed by atoms with Crippen molar-refractivity contribution in [2.24, 2.45) is 16.8 Å². The van der Waals surface area contributed by atoms with Crippen molar-refractivity contribution in [1.82, 2.24) is 20.4 Å². The molecular formula is C20H41N5O.